The number of nitrogens with one attached hydrogen (secondary N) is 1. The molecule has 1 N–H and O–H groups in total. The monoisotopic (exact) mass is 270 g/mol. The molecule has 0 spiro atoms. The maximum Gasteiger partial charge on any atom is 0.0198 e. The van der Waals surface area contributed by atoms with E-state index in [4.69, 9.17) is 0 Å². The predicted octanol–water partition coefficient (Wildman–Crippen LogP) is 2.98. The second kappa shape index (κ2) is 7.16. The van der Waals surface area contributed by atoms with Crippen molar-refractivity contribution in [3.8, 4) is 0 Å². The van der Waals surface area contributed by atoms with Crippen molar-refractivity contribution < 1.29 is 0 Å². The van der Waals surface area contributed by atoms with Gasteiger partial charge in [-0.2, -0.15) is 11.8 Å². The van der Waals surface area contributed by atoms with Crippen molar-refractivity contribution in [2.24, 2.45) is 5.92 Å². The Kier molecular flexibility index (Phi) is 5.84. The first-order chi connectivity index (χ1) is 8.69. The third-order valence-electron chi connectivity index (χ3n) is 4.54. The third kappa shape index (κ3) is 4.14. The summed E-state index contributed by atoms with van der Waals surface area (Å²) < 4.78 is 0. The molecule has 0 radical (unpaired) electrons. The van der Waals surface area contributed by atoms with E-state index in [0.29, 0.717) is 0 Å². The van der Waals surface area contributed by atoms with Crippen LogP contribution in [0.4, 0.5) is 0 Å². The van der Waals surface area contributed by atoms with Crippen LogP contribution >= 0.6 is 11.8 Å². The SMILES string of the molecule is CSC1CCC(N2CCNC(CC(C)C)C2)CC1. The van der Waals surface area contributed by atoms with Crippen LogP contribution in [-0.4, -0.2) is 48.1 Å². The predicted molar refractivity (Wildman–Crippen MR) is 82.4 cm³/mol. The average Bonchev–Trinajstić information content (AvgIpc) is 2.38. The molecule has 3 heteroatoms. The Morgan fingerprint density at radius 1 is 1.22 bits per heavy atom. The summed E-state index contributed by atoms with van der Waals surface area (Å²) in [4.78, 5) is 2.78. The quantitative estimate of drug-likeness (QED) is 0.845. The molecule has 1 atom stereocenters. The van der Waals surface area contributed by atoms with Crippen LogP contribution in [0.3, 0.4) is 0 Å². The molecule has 2 nitrogen and oxygen atoms in total. The summed E-state index contributed by atoms with van der Waals surface area (Å²) in [5, 5.41) is 4.63. The lowest BCUT2D eigenvalue weighted by Gasteiger charge is -2.42. The first kappa shape index (κ1) is 14.7. The van der Waals surface area contributed by atoms with Gasteiger partial charge < -0.3 is 5.32 Å². The van der Waals surface area contributed by atoms with E-state index in [9.17, 15) is 0 Å². The van der Waals surface area contributed by atoms with Gasteiger partial charge in [-0.05, 0) is 44.3 Å². The molecule has 1 saturated heterocycles. The Morgan fingerprint density at radius 3 is 2.56 bits per heavy atom. The van der Waals surface area contributed by atoms with Crippen LogP contribution in [0.25, 0.3) is 0 Å². The second-order valence-electron chi connectivity index (χ2n) is 6.44. The van der Waals surface area contributed by atoms with E-state index in [1.54, 1.807) is 0 Å². The van der Waals surface area contributed by atoms with E-state index in [-0.39, 0.29) is 0 Å². The summed E-state index contributed by atoms with van der Waals surface area (Å²) in [7, 11) is 0. The molecule has 0 aromatic heterocycles. The molecular formula is C15H30N2S. The van der Waals surface area contributed by atoms with Crippen molar-refractivity contribution in [1.29, 1.82) is 0 Å². The summed E-state index contributed by atoms with van der Waals surface area (Å²) in [5.74, 6) is 0.815. The Labute approximate surface area is 117 Å². The molecule has 1 heterocycles. The van der Waals surface area contributed by atoms with Gasteiger partial charge in [0, 0.05) is 37.0 Å². The largest absolute Gasteiger partial charge is 0.311 e. The zero-order chi connectivity index (χ0) is 13.0. The van der Waals surface area contributed by atoms with Gasteiger partial charge in [-0.25, -0.2) is 0 Å². The molecule has 0 aromatic rings. The number of piperazine rings is 1. The van der Waals surface area contributed by atoms with Crippen LogP contribution in [0.1, 0.15) is 46.0 Å². The normalized spacial score (nSPS) is 35.0. The number of rotatable bonds is 4. The van der Waals surface area contributed by atoms with Crippen LogP contribution in [0, 0.1) is 5.92 Å². The van der Waals surface area contributed by atoms with Crippen molar-refractivity contribution in [3.05, 3.63) is 0 Å². The van der Waals surface area contributed by atoms with Gasteiger partial charge >= 0.3 is 0 Å². The van der Waals surface area contributed by atoms with Gasteiger partial charge in [-0.15, -0.1) is 0 Å². The summed E-state index contributed by atoms with van der Waals surface area (Å²) in [5.41, 5.74) is 0. The zero-order valence-electron chi connectivity index (χ0n) is 12.3. The number of hydrogen-bond acceptors (Lipinski definition) is 3. The molecule has 0 bridgehead atoms. The summed E-state index contributed by atoms with van der Waals surface area (Å²) in [6.07, 6.45) is 9.33. The highest BCUT2D eigenvalue weighted by molar-refractivity contribution is 7.99. The van der Waals surface area contributed by atoms with Gasteiger partial charge in [0.25, 0.3) is 0 Å². The van der Waals surface area contributed by atoms with E-state index >= 15 is 0 Å². The molecular weight excluding hydrogens is 240 g/mol. The number of nitrogens with zero attached hydrogens (tertiary/aromatic N) is 1. The van der Waals surface area contributed by atoms with Crippen molar-refractivity contribution in [1.82, 2.24) is 10.2 Å². The molecule has 1 unspecified atom stereocenters. The molecule has 2 aliphatic rings. The van der Waals surface area contributed by atoms with Gasteiger partial charge in [0.05, 0.1) is 0 Å². The molecule has 2 rings (SSSR count). The summed E-state index contributed by atoms with van der Waals surface area (Å²) in [6.45, 7) is 8.42. The molecule has 1 aliphatic heterocycles. The van der Waals surface area contributed by atoms with E-state index in [1.807, 2.05) is 0 Å². The van der Waals surface area contributed by atoms with Crippen molar-refractivity contribution in [3.63, 3.8) is 0 Å². The third-order valence-corrected chi connectivity index (χ3v) is 5.67. The van der Waals surface area contributed by atoms with Gasteiger partial charge in [0.1, 0.15) is 0 Å². The van der Waals surface area contributed by atoms with Crippen LogP contribution in [-0.2, 0) is 0 Å². The minimum atomic E-state index is 0.733. The standard InChI is InChI=1S/C15H30N2S/c1-12(2)10-13-11-17(9-8-16-13)14-4-6-15(18-3)7-5-14/h12-16H,4-11H2,1-3H3. The van der Waals surface area contributed by atoms with Crippen LogP contribution in [0.15, 0.2) is 0 Å². The van der Waals surface area contributed by atoms with E-state index in [2.05, 4.69) is 42.1 Å². The molecule has 0 amide bonds. The molecule has 106 valence electrons. The van der Waals surface area contributed by atoms with Crippen molar-refractivity contribution >= 4 is 11.8 Å². The fourth-order valence-electron chi connectivity index (χ4n) is 3.56. The average molecular weight is 270 g/mol. The summed E-state index contributed by atoms with van der Waals surface area (Å²) >= 11 is 2.07. The maximum atomic E-state index is 3.69. The highest BCUT2D eigenvalue weighted by atomic mass is 32.2. The Bertz CT molecular complexity index is 237. The molecule has 1 aliphatic carbocycles. The van der Waals surface area contributed by atoms with Gasteiger partial charge in [-0.1, -0.05) is 13.8 Å². The van der Waals surface area contributed by atoms with Crippen molar-refractivity contribution in [2.75, 3.05) is 25.9 Å². The van der Waals surface area contributed by atoms with Crippen molar-refractivity contribution in [2.45, 2.75) is 63.3 Å². The minimum Gasteiger partial charge on any atom is -0.311 e. The molecule has 1 saturated carbocycles. The Balaban J connectivity index is 1.78. The fourth-order valence-corrected chi connectivity index (χ4v) is 4.30. The van der Waals surface area contributed by atoms with E-state index < -0.39 is 0 Å². The smallest absolute Gasteiger partial charge is 0.0198 e. The van der Waals surface area contributed by atoms with Gasteiger partial charge in [0.2, 0.25) is 0 Å². The summed E-state index contributed by atoms with van der Waals surface area (Å²) in [6, 6.07) is 1.61. The molecule has 0 aromatic carbocycles. The lowest BCUT2D eigenvalue weighted by atomic mass is 9.92. The Hall–Kier alpha value is 0.270. The van der Waals surface area contributed by atoms with Crippen LogP contribution in [0.2, 0.25) is 0 Å². The lowest BCUT2D eigenvalue weighted by molar-refractivity contribution is 0.110. The molecule has 18 heavy (non-hydrogen) atoms. The molecule has 2 fully saturated rings. The number of hydrogen-bond donors (Lipinski definition) is 1. The highest BCUT2D eigenvalue weighted by Crippen LogP contribution is 2.30. The van der Waals surface area contributed by atoms with Crippen LogP contribution in [0.5, 0.6) is 0 Å². The zero-order valence-corrected chi connectivity index (χ0v) is 13.1. The van der Waals surface area contributed by atoms with E-state index in [0.717, 1.165) is 23.3 Å². The second-order valence-corrected chi connectivity index (χ2v) is 7.58. The first-order valence-electron chi connectivity index (χ1n) is 7.69. The van der Waals surface area contributed by atoms with Gasteiger partial charge in [-0.3, -0.25) is 4.90 Å². The maximum absolute atomic E-state index is 3.69. The van der Waals surface area contributed by atoms with Crippen LogP contribution < -0.4 is 5.32 Å². The highest BCUT2D eigenvalue weighted by Gasteiger charge is 2.29. The van der Waals surface area contributed by atoms with Gasteiger partial charge in [0.15, 0.2) is 0 Å². The van der Waals surface area contributed by atoms with E-state index in [1.165, 1.54) is 51.7 Å². The Morgan fingerprint density at radius 2 is 1.94 bits per heavy atom. The fraction of sp³-hybridized carbons (Fsp3) is 1.00. The first-order valence-corrected chi connectivity index (χ1v) is 8.98. The minimum absolute atomic E-state index is 0.733. The number of thioether (sulfide) groups is 1. The topological polar surface area (TPSA) is 15.3 Å². The lowest BCUT2D eigenvalue weighted by Crippen LogP contribution is -2.54.